The van der Waals surface area contributed by atoms with Crippen LogP contribution < -0.4 is 0 Å². The SMILES string of the molecule is CCc1ccc2c(ccc3c2ccc2c4ccc5ccccc5c4ccc32)c1. The van der Waals surface area contributed by atoms with E-state index >= 15 is 0 Å². The van der Waals surface area contributed by atoms with Crippen LogP contribution in [0.3, 0.4) is 0 Å². The Balaban J connectivity index is 1.74. The summed E-state index contributed by atoms with van der Waals surface area (Å²) in [5, 5.41) is 13.3. The molecule has 6 aromatic carbocycles. The summed E-state index contributed by atoms with van der Waals surface area (Å²) >= 11 is 0. The maximum atomic E-state index is 2.32. The monoisotopic (exact) mass is 356 g/mol. The quantitative estimate of drug-likeness (QED) is 0.262. The average Bonchev–Trinajstić information content (AvgIpc) is 2.77. The van der Waals surface area contributed by atoms with Crippen molar-refractivity contribution in [1.29, 1.82) is 0 Å². The van der Waals surface area contributed by atoms with Gasteiger partial charge in [0.1, 0.15) is 0 Å². The molecule has 0 aliphatic heterocycles. The van der Waals surface area contributed by atoms with Crippen molar-refractivity contribution in [2.45, 2.75) is 13.3 Å². The van der Waals surface area contributed by atoms with E-state index in [1.807, 2.05) is 0 Å². The van der Waals surface area contributed by atoms with Gasteiger partial charge in [0.25, 0.3) is 0 Å². The van der Waals surface area contributed by atoms with Gasteiger partial charge >= 0.3 is 0 Å². The maximum Gasteiger partial charge on any atom is -0.00987 e. The lowest BCUT2D eigenvalue weighted by atomic mass is 9.92. The van der Waals surface area contributed by atoms with Gasteiger partial charge in [-0.05, 0) is 65.8 Å². The Kier molecular flexibility index (Phi) is 3.25. The van der Waals surface area contributed by atoms with Gasteiger partial charge in [-0.25, -0.2) is 0 Å². The van der Waals surface area contributed by atoms with Gasteiger partial charge in [-0.3, -0.25) is 0 Å². The van der Waals surface area contributed by atoms with Crippen LogP contribution in [0, 0.1) is 0 Å². The summed E-state index contributed by atoms with van der Waals surface area (Å²) in [6.45, 7) is 2.21. The Bertz CT molecular complexity index is 1540. The zero-order valence-corrected chi connectivity index (χ0v) is 15.9. The fourth-order valence-corrected chi connectivity index (χ4v) is 4.73. The van der Waals surface area contributed by atoms with Crippen LogP contribution in [-0.4, -0.2) is 0 Å². The molecule has 0 spiro atoms. The van der Waals surface area contributed by atoms with Crippen molar-refractivity contribution < 1.29 is 0 Å². The van der Waals surface area contributed by atoms with Crippen molar-refractivity contribution >= 4 is 53.9 Å². The first-order valence-corrected chi connectivity index (χ1v) is 10.0. The molecule has 0 heteroatoms. The highest BCUT2D eigenvalue weighted by molar-refractivity contribution is 6.24. The van der Waals surface area contributed by atoms with E-state index in [0.717, 1.165) is 6.42 Å². The number of benzene rings is 6. The third kappa shape index (κ3) is 2.12. The Morgan fingerprint density at radius 3 is 1.54 bits per heavy atom. The summed E-state index contributed by atoms with van der Waals surface area (Å²) < 4.78 is 0. The summed E-state index contributed by atoms with van der Waals surface area (Å²) in [5.74, 6) is 0. The first-order chi connectivity index (χ1) is 13.8. The first-order valence-electron chi connectivity index (χ1n) is 10.0. The lowest BCUT2D eigenvalue weighted by molar-refractivity contribution is 1.15. The molecule has 0 amide bonds. The number of hydrogen-bond acceptors (Lipinski definition) is 0. The Morgan fingerprint density at radius 1 is 0.429 bits per heavy atom. The van der Waals surface area contributed by atoms with Crippen molar-refractivity contribution in [2.75, 3.05) is 0 Å². The molecule has 0 N–H and O–H groups in total. The van der Waals surface area contributed by atoms with Crippen LogP contribution in [0.15, 0.2) is 91.0 Å². The molecule has 0 nitrogen and oxygen atoms in total. The van der Waals surface area contributed by atoms with Crippen LogP contribution >= 0.6 is 0 Å². The van der Waals surface area contributed by atoms with Crippen molar-refractivity contribution in [3.05, 3.63) is 96.6 Å². The summed E-state index contributed by atoms with van der Waals surface area (Å²) in [5.41, 5.74) is 1.39. The minimum Gasteiger partial charge on any atom is -0.0616 e. The van der Waals surface area contributed by atoms with Crippen molar-refractivity contribution in [1.82, 2.24) is 0 Å². The van der Waals surface area contributed by atoms with Gasteiger partial charge in [0, 0.05) is 0 Å². The lowest BCUT2D eigenvalue weighted by Crippen LogP contribution is -1.85. The molecule has 0 heterocycles. The summed E-state index contributed by atoms with van der Waals surface area (Å²) in [7, 11) is 0. The standard InChI is InChI=1S/C28H20/c1-2-18-7-10-22-20(17-18)9-12-26-24(22)14-16-27-25-11-8-19-5-3-4-6-21(19)23(25)13-15-28(26)27/h3-17H,2H2,1H3. The largest absolute Gasteiger partial charge is 0.0616 e. The zero-order chi connectivity index (χ0) is 18.7. The zero-order valence-electron chi connectivity index (χ0n) is 15.9. The molecule has 0 aromatic heterocycles. The highest BCUT2D eigenvalue weighted by Gasteiger charge is 2.09. The molecular formula is C28H20. The van der Waals surface area contributed by atoms with Crippen LogP contribution in [0.5, 0.6) is 0 Å². The molecule has 0 aliphatic carbocycles. The summed E-state index contributed by atoms with van der Waals surface area (Å²) in [4.78, 5) is 0. The fourth-order valence-electron chi connectivity index (χ4n) is 4.73. The number of rotatable bonds is 1. The van der Waals surface area contributed by atoms with Crippen LogP contribution in [0.1, 0.15) is 12.5 Å². The van der Waals surface area contributed by atoms with Crippen LogP contribution in [0.25, 0.3) is 53.9 Å². The van der Waals surface area contributed by atoms with Gasteiger partial charge in [0.05, 0.1) is 0 Å². The lowest BCUT2D eigenvalue weighted by Gasteiger charge is -2.12. The van der Waals surface area contributed by atoms with E-state index in [-0.39, 0.29) is 0 Å². The predicted octanol–water partition coefficient (Wildman–Crippen LogP) is 8.02. The molecule has 0 unspecified atom stereocenters. The molecule has 28 heavy (non-hydrogen) atoms. The summed E-state index contributed by atoms with van der Waals surface area (Å²) in [6, 6.07) is 33.8. The van der Waals surface area contributed by atoms with E-state index in [2.05, 4.69) is 97.9 Å². The van der Waals surface area contributed by atoms with Crippen LogP contribution in [-0.2, 0) is 6.42 Å². The maximum absolute atomic E-state index is 2.32. The topological polar surface area (TPSA) is 0 Å². The highest BCUT2D eigenvalue weighted by Crippen LogP contribution is 2.36. The molecule has 0 fully saturated rings. The number of hydrogen-bond donors (Lipinski definition) is 0. The van der Waals surface area contributed by atoms with Crippen molar-refractivity contribution in [3.8, 4) is 0 Å². The fraction of sp³-hybridized carbons (Fsp3) is 0.0714. The second kappa shape index (κ2) is 5.81. The first kappa shape index (κ1) is 15.7. The average molecular weight is 356 g/mol. The van der Waals surface area contributed by atoms with Crippen molar-refractivity contribution in [3.63, 3.8) is 0 Å². The second-order valence-electron chi connectivity index (χ2n) is 7.68. The molecule has 0 saturated heterocycles. The van der Waals surface area contributed by atoms with Gasteiger partial charge in [-0.15, -0.1) is 0 Å². The van der Waals surface area contributed by atoms with Gasteiger partial charge in [0.2, 0.25) is 0 Å². The van der Waals surface area contributed by atoms with E-state index in [9.17, 15) is 0 Å². The van der Waals surface area contributed by atoms with Gasteiger partial charge in [-0.2, -0.15) is 0 Å². The normalized spacial score (nSPS) is 11.9. The smallest absolute Gasteiger partial charge is 0.00987 e. The number of aryl methyl sites for hydroxylation is 1. The molecule has 0 radical (unpaired) electrons. The summed E-state index contributed by atoms with van der Waals surface area (Å²) in [6.07, 6.45) is 1.08. The van der Waals surface area contributed by atoms with E-state index in [1.54, 1.807) is 0 Å². The molecule has 132 valence electrons. The molecule has 0 atom stereocenters. The Morgan fingerprint density at radius 2 is 0.893 bits per heavy atom. The van der Waals surface area contributed by atoms with E-state index < -0.39 is 0 Å². The third-order valence-electron chi connectivity index (χ3n) is 6.21. The molecule has 0 saturated carbocycles. The van der Waals surface area contributed by atoms with Gasteiger partial charge < -0.3 is 0 Å². The molecule has 0 bridgehead atoms. The molecular weight excluding hydrogens is 336 g/mol. The minimum atomic E-state index is 1.08. The highest BCUT2D eigenvalue weighted by atomic mass is 14.1. The van der Waals surface area contributed by atoms with Crippen LogP contribution in [0.2, 0.25) is 0 Å². The third-order valence-corrected chi connectivity index (χ3v) is 6.21. The minimum absolute atomic E-state index is 1.08. The Hall–Kier alpha value is -3.38. The second-order valence-corrected chi connectivity index (χ2v) is 7.68. The van der Waals surface area contributed by atoms with Crippen LogP contribution in [0.4, 0.5) is 0 Å². The van der Waals surface area contributed by atoms with E-state index in [1.165, 1.54) is 59.4 Å². The predicted molar refractivity (Wildman–Crippen MR) is 123 cm³/mol. The van der Waals surface area contributed by atoms with Crippen molar-refractivity contribution in [2.24, 2.45) is 0 Å². The van der Waals surface area contributed by atoms with Gasteiger partial charge in [-0.1, -0.05) is 97.9 Å². The molecule has 0 aliphatic rings. The Labute approximate surface area is 164 Å². The van der Waals surface area contributed by atoms with Gasteiger partial charge in [0.15, 0.2) is 0 Å². The molecule has 6 rings (SSSR count). The molecule has 6 aromatic rings. The number of fused-ring (bicyclic) bond motifs is 9. The van der Waals surface area contributed by atoms with E-state index in [0.29, 0.717) is 0 Å². The van der Waals surface area contributed by atoms with E-state index in [4.69, 9.17) is 0 Å².